The monoisotopic (exact) mass is 245 g/mol. The van der Waals surface area contributed by atoms with E-state index in [0.717, 1.165) is 24.1 Å². The summed E-state index contributed by atoms with van der Waals surface area (Å²) in [4.78, 5) is 4.29. The molecule has 1 atom stereocenters. The van der Waals surface area contributed by atoms with Crippen molar-refractivity contribution in [2.24, 2.45) is 0 Å². The fourth-order valence-electron chi connectivity index (χ4n) is 1.78. The van der Waals surface area contributed by atoms with Gasteiger partial charge < -0.3 is 0 Å². The molecule has 0 radical (unpaired) electrons. The van der Waals surface area contributed by atoms with Crippen molar-refractivity contribution in [3.05, 3.63) is 65.5 Å². The Morgan fingerprint density at radius 1 is 1.12 bits per heavy atom. The maximum absolute atomic E-state index is 6.40. The van der Waals surface area contributed by atoms with Crippen molar-refractivity contribution >= 4 is 11.6 Å². The Kier molecular flexibility index (Phi) is 4.16. The summed E-state index contributed by atoms with van der Waals surface area (Å²) in [5, 5.41) is -0.00388. The van der Waals surface area contributed by atoms with Crippen LogP contribution in [0.3, 0.4) is 0 Å². The molecule has 1 unspecified atom stereocenters. The molecule has 0 aliphatic rings. The van der Waals surface area contributed by atoms with E-state index in [4.69, 9.17) is 11.6 Å². The molecule has 0 fully saturated rings. The van der Waals surface area contributed by atoms with Crippen molar-refractivity contribution in [3.63, 3.8) is 0 Å². The molecular formula is C15H16ClN. The maximum Gasteiger partial charge on any atom is 0.0640 e. The zero-order valence-electron chi connectivity index (χ0n) is 9.94. The number of alkyl halides is 1. The first kappa shape index (κ1) is 12.1. The summed E-state index contributed by atoms with van der Waals surface area (Å²) < 4.78 is 0. The lowest BCUT2D eigenvalue weighted by molar-refractivity contribution is 0.879. The van der Waals surface area contributed by atoms with Crippen LogP contribution in [0.4, 0.5) is 0 Å². The van der Waals surface area contributed by atoms with E-state index >= 15 is 0 Å². The van der Waals surface area contributed by atoms with E-state index in [0.29, 0.717) is 0 Å². The lowest BCUT2D eigenvalue weighted by atomic mass is 10.0. The summed E-state index contributed by atoms with van der Waals surface area (Å²) in [5.41, 5.74) is 3.54. The highest BCUT2D eigenvalue weighted by Crippen LogP contribution is 2.24. The molecule has 0 aliphatic carbocycles. The molecule has 1 aromatic heterocycles. The second-order valence-corrected chi connectivity index (χ2v) is 4.61. The third-order valence-electron chi connectivity index (χ3n) is 2.86. The van der Waals surface area contributed by atoms with Crippen LogP contribution in [0.5, 0.6) is 0 Å². The van der Waals surface area contributed by atoms with Crippen molar-refractivity contribution in [3.8, 4) is 0 Å². The number of aromatic nitrogens is 1. The fraction of sp³-hybridized carbons (Fsp3) is 0.267. The molecular weight excluding hydrogens is 230 g/mol. The van der Waals surface area contributed by atoms with Crippen molar-refractivity contribution in [1.29, 1.82) is 0 Å². The molecule has 0 amide bonds. The van der Waals surface area contributed by atoms with E-state index < -0.39 is 0 Å². The van der Waals surface area contributed by atoms with Gasteiger partial charge in [-0.15, -0.1) is 11.6 Å². The van der Waals surface area contributed by atoms with Crippen LogP contribution in [-0.2, 0) is 12.8 Å². The number of halogens is 1. The quantitative estimate of drug-likeness (QED) is 0.737. The number of nitrogens with zero attached hydrogens (tertiary/aromatic N) is 1. The van der Waals surface area contributed by atoms with Crippen LogP contribution in [0.2, 0.25) is 0 Å². The van der Waals surface area contributed by atoms with Crippen LogP contribution in [0, 0.1) is 0 Å². The van der Waals surface area contributed by atoms with Crippen LogP contribution in [0.1, 0.15) is 29.1 Å². The second-order valence-electron chi connectivity index (χ2n) is 4.09. The SMILES string of the molecule is CCc1ccc(C(Cl)Cc2ccccn2)cc1. The highest BCUT2D eigenvalue weighted by molar-refractivity contribution is 6.20. The van der Waals surface area contributed by atoms with Crippen molar-refractivity contribution in [1.82, 2.24) is 4.98 Å². The third-order valence-corrected chi connectivity index (χ3v) is 3.27. The third kappa shape index (κ3) is 3.31. The minimum atomic E-state index is -0.00388. The van der Waals surface area contributed by atoms with Crippen LogP contribution in [-0.4, -0.2) is 4.98 Å². The Morgan fingerprint density at radius 3 is 2.47 bits per heavy atom. The number of aryl methyl sites for hydroxylation is 1. The van der Waals surface area contributed by atoms with E-state index in [-0.39, 0.29) is 5.38 Å². The molecule has 88 valence electrons. The number of rotatable bonds is 4. The Labute approximate surface area is 107 Å². The molecule has 0 N–H and O–H groups in total. The molecule has 2 heteroatoms. The largest absolute Gasteiger partial charge is 0.261 e. The first-order valence-corrected chi connectivity index (χ1v) is 6.36. The van der Waals surface area contributed by atoms with E-state index in [1.165, 1.54) is 5.56 Å². The lowest BCUT2D eigenvalue weighted by Crippen LogP contribution is -1.98. The molecule has 0 aliphatic heterocycles. The van der Waals surface area contributed by atoms with Crippen LogP contribution < -0.4 is 0 Å². The number of hydrogen-bond donors (Lipinski definition) is 0. The highest BCUT2D eigenvalue weighted by atomic mass is 35.5. The van der Waals surface area contributed by atoms with Gasteiger partial charge in [-0.05, 0) is 29.7 Å². The van der Waals surface area contributed by atoms with Crippen LogP contribution >= 0.6 is 11.6 Å². The number of pyridine rings is 1. The number of hydrogen-bond acceptors (Lipinski definition) is 1. The second kappa shape index (κ2) is 5.83. The topological polar surface area (TPSA) is 12.9 Å². The Bertz CT molecular complexity index is 450. The van der Waals surface area contributed by atoms with Gasteiger partial charge in [-0.3, -0.25) is 4.98 Å². The van der Waals surface area contributed by atoms with Crippen LogP contribution in [0.15, 0.2) is 48.7 Å². The predicted octanol–water partition coefficient (Wildman–Crippen LogP) is 4.17. The Morgan fingerprint density at radius 2 is 1.88 bits per heavy atom. The molecule has 0 saturated carbocycles. The van der Waals surface area contributed by atoms with E-state index in [1.54, 1.807) is 6.20 Å². The molecule has 0 bridgehead atoms. The first-order valence-electron chi connectivity index (χ1n) is 5.92. The van der Waals surface area contributed by atoms with E-state index in [1.807, 2.05) is 18.2 Å². The van der Waals surface area contributed by atoms with Gasteiger partial charge in [-0.1, -0.05) is 37.3 Å². The minimum absolute atomic E-state index is 0.00388. The zero-order chi connectivity index (χ0) is 12.1. The van der Waals surface area contributed by atoms with Crippen molar-refractivity contribution in [2.45, 2.75) is 25.1 Å². The Hall–Kier alpha value is -1.34. The molecule has 2 rings (SSSR count). The molecule has 2 aromatic rings. The average Bonchev–Trinajstić information content (AvgIpc) is 2.40. The predicted molar refractivity (Wildman–Crippen MR) is 72.4 cm³/mol. The summed E-state index contributed by atoms with van der Waals surface area (Å²) >= 11 is 6.40. The lowest BCUT2D eigenvalue weighted by Gasteiger charge is -2.09. The van der Waals surface area contributed by atoms with Gasteiger partial charge in [0.1, 0.15) is 0 Å². The summed E-state index contributed by atoms with van der Waals surface area (Å²) in [6, 6.07) is 14.4. The highest BCUT2D eigenvalue weighted by Gasteiger charge is 2.09. The van der Waals surface area contributed by atoms with Gasteiger partial charge in [0.05, 0.1) is 5.38 Å². The molecule has 0 saturated heterocycles. The van der Waals surface area contributed by atoms with Gasteiger partial charge in [-0.25, -0.2) is 0 Å². The summed E-state index contributed by atoms with van der Waals surface area (Å²) in [5.74, 6) is 0. The van der Waals surface area contributed by atoms with Crippen molar-refractivity contribution < 1.29 is 0 Å². The van der Waals surface area contributed by atoms with Crippen LogP contribution in [0.25, 0.3) is 0 Å². The molecule has 1 heterocycles. The smallest absolute Gasteiger partial charge is 0.0640 e. The summed E-state index contributed by atoms with van der Waals surface area (Å²) in [6.45, 7) is 2.15. The molecule has 17 heavy (non-hydrogen) atoms. The Balaban J connectivity index is 2.06. The van der Waals surface area contributed by atoms with Gasteiger partial charge in [0.15, 0.2) is 0 Å². The molecule has 0 spiro atoms. The zero-order valence-corrected chi connectivity index (χ0v) is 10.7. The normalized spacial score (nSPS) is 12.4. The minimum Gasteiger partial charge on any atom is -0.261 e. The van der Waals surface area contributed by atoms with Gasteiger partial charge in [0.25, 0.3) is 0 Å². The standard InChI is InChI=1S/C15H16ClN/c1-2-12-6-8-13(9-7-12)15(16)11-14-5-3-4-10-17-14/h3-10,15H,2,11H2,1H3. The average molecular weight is 246 g/mol. The van der Waals surface area contributed by atoms with E-state index in [9.17, 15) is 0 Å². The molecule has 1 nitrogen and oxygen atoms in total. The maximum atomic E-state index is 6.40. The molecule has 1 aromatic carbocycles. The van der Waals surface area contributed by atoms with E-state index in [2.05, 4.69) is 36.2 Å². The van der Waals surface area contributed by atoms with Gasteiger partial charge in [-0.2, -0.15) is 0 Å². The van der Waals surface area contributed by atoms with Crippen molar-refractivity contribution in [2.75, 3.05) is 0 Å². The first-order chi connectivity index (χ1) is 8.29. The summed E-state index contributed by atoms with van der Waals surface area (Å²) in [7, 11) is 0. The van der Waals surface area contributed by atoms with Gasteiger partial charge in [0, 0.05) is 18.3 Å². The fourth-order valence-corrected chi connectivity index (χ4v) is 2.09. The number of benzene rings is 1. The van der Waals surface area contributed by atoms with Gasteiger partial charge >= 0.3 is 0 Å². The summed E-state index contributed by atoms with van der Waals surface area (Å²) in [6.07, 6.45) is 3.64. The van der Waals surface area contributed by atoms with Gasteiger partial charge in [0.2, 0.25) is 0 Å².